The van der Waals surface area contributed by atoms with E-state index in [1.54, 1.807) is 25.1 Å². The molecule has 0 unspecified atom stereocenters. The monoisotopic (exact) mass is 526 g/mol. The van der Waals surface area contributed by atoms with Gasteiger partial charge in [0.25, 0.3) is 5.91 Å². The van der Waals surface area contributed by atoms with Gasteiger partial charge in [-0.2, -0.15) is 5.10 Å². The number of rotatable bonds is 11. The van der Waals surface area contributed by atoms with Crippen LogP contribution in [0.1, 0.15) is 30.7 Å². The van der Waals surface area contributed by atoms with E-state index in [9.17, 15) is 14.4 Å². The Bertz CT molecular complexity index is 1240. The second-order valence-electron chi connectivity index (χ2n) is 7.61. The number of amides is 3. The summed E-state index contributed by atoms with van der Waals surface area (Å²) >= 11 is 6.37. The quantitative estimate of drug-likeness (QED) is 0.198. The van der Waals surface area contributed by atoms with Gasteiger partial charge in [-0.25, -0.2) is 5.43 Å². The van der Waals surface area contributed by atoms with E-state index < -0.39 is 11.8 Å². The van der Waals surface area contributed by atoms with Crippen molar-refractivity contribution in [2.45, 2.75) is 26.8 Å². The second-order valence-corrected chi connectivity index (χ2v) is 8.02. The van der Waals surface area contributed by atoms with Crippen LogP contribution in [0.25, 0.3) is 0 Å². The highest BCUT2D eigenvalue weighted by Crippen LogP contribution is 2.36. The van der Waals surface area contributed by atoms with Crippen molar-refractivity contribution < 1.29 is 28.3 Å². The van der Waals surface area contributed by atoms with E-state index in [1.165, 1.54) is 24.1 Å². The van der Waals surface area contributed by atoms with Gasteiger partial charge < -0.3 is 24.5 Å². The van der Waals surface area contributed by atoms with Crippen molar-refractivity contribution in [1.29, 1.82) is 0 Å². The average molecular weight is 527 g/mol. The zero-order valence-corrected chi connectivity index (χ0v) is 21.1. The number of nitrogens with zero attached hydrogens (tertiary/aromatic N) is 1. The summed E-state index contributed by atoms with van der Waals surface area (Å²) in [4.78, 5) is 36.1. The van der Waals surface area contributed by atoms with Crippen molar-refractivity contribution in [2.75, 3.05) is 18.5 Å². The van der Waals surface area contributed by atoms with Crippen LogP contribution in [-0.2, 0) is 27.3 Å². The number of nitrogens with one attached hydrogen (secondary N) is 3. The van der Waals surface area contributed by atoms with Gasteiger partial charge in [-0.3, -0.25) is 14.4 Å². The van der Waals surface area contributed by atoms with Crippen molar-refractivity contribution in [3.8, 4) is 11.5 Å². The molecule has 3 amide bonds. The number of furan rings is 1. The molecule has 0 fully saturated rings. The minimum absolute atomic E-state index is 0.0704. The predicted octanol–water partition coefficient (Wildman–Crippen LogP) is 3.68. The fraction of sp³-hybridized carbons (Fsp3) is 0.231. The van der Waals surface area contributed by atoms with Gasteiger partial charge in [-0.15, -0.1) is 0 Å². The number of carbonyl (C=O) groups is 3. The highest BCUT2D eigenvalue weighted by atomic mass is 35.5. The normalized spacial score (nSPS) is 10.7. The Morgan fingerprint density at radius 3 is 2.51 bits per heavy atom. The second kappa shape index (κ2) is 13.7. The smallest absolute Gasteiger partial charge is 0.329 e. The van der Waals surface area contributed by atoms with Gasteiger partial charge in [0.2, 0.25) is 0 Å². The van der Waals surface area contributed by atoms with E-state index in [0.29, 0.717) is 29.4 Å². The SMILES string of the molecule is CCOc1cc(/C=N\NC(=O)C(=O)NCc2ccco2)cc(Cl)c1OCC(=O)Nc1ccc(CC)cc1. The zero-order chi connectivity index (χ0) is 26.6. The van der Waals surface area contributed by atoms with E-state index >= 15 is 0 Å². The Balaban J connectivity index is 1.57. The summed E-state index contributed by atoms with van der Waals surface area (Å²) in [5.41, 5.74) is 4.43. The Hall–Kier alpha value is -4.31. The summed E-state index contributed by atoms with van der Waals surface area (Å²) in [5, 5.41) is 9.13. The number of aryl methyl sites for hydroxylation is 1. The first-order chi connectivity index (χ1) is 17.9. The molecule has 37 heavy (non-hydrogen) atoms. The molecule has 3 rings (SSSR count). The molecule has 1 heterocycles. The number of benzene rings is 2. The summed E-state index contributed by atoms with van der Waals surface area (Å²) in [6.07, 6.45) is 3.67. The van der Waals surface area contributed by atoms with Gasteiger partial charge in [0.15, 0.2) is 18.1 Å². The molecule has 2 aromatic carbocycles. The lowest BCUT2D eigenvalue weighted by molar-refractivity contribution is -0.139. The Kier molecular flexibility index (Phi) is 10.1. The molecule has 194 valence electrons. The van der Waals surface area contributed by atoms with Crippen molar-refractivity contribution in [2.24, 2.45) is 5.10 Å². The number of hydrogen-bond donors (Lipinski definition) is 3. The molecule has 0 spiro atoms. The van der Waals surface area contributed by atoms with E-state index in [1.807, 2.05) is 24.3 Å². The maximum absolute atomic E-state index is 12.3. The number of hydrazone groups is 1. The third-order valence-corrected chi connectivity index (χ3v) is 5.20. The van der Waals surface area contributed by atoms with E-state index in [0.717, 1.165) is 6.42 Å². The van der Waals surface area contributed by atoms with E-state index in [4.69, 9.17) is 25.5 Å². The van der Waals surface area contributed by atoms with Gasteiger partial charge in [0, 0.05) is 5.69 Å². The summed E-state index contributed by atoms with van der Waals surface area (Å²) < 4.78 is 16.3. The van der Waals surface area contributed by atoms with Gasteiger partial charge in [-0.1, -0.05) is 30.7 Å². The fourth-order valence-corrected chi connectivity index (χ4v) is 3.37. The lowest BCUT2D eigenvalue weighted by Crippen LogP contribution is -2.37. The van der Waals surface area contributed by atoms with Crippen LogP contribution in [0.15, 0.2) is 64.3 Å². The van der Waals surface area contributed by atoms with Crippen LogP contribution in [-0.4, -0.2) is 37.1 Å². The summed E-state index contributed by atoms with van der Waals surface area (Å²) in [7, 11) is 0. The minimum Gasteiger partial charge on any atom is -0.490 e. The largest absolute Gasteiger partial charge is 0.490 e. The molecule has 0 bridgehead atoms. The molecule has 11 heteroatoms. The van der Waals surface area contributed by atoms with Crippen LogP contribution in [0.2, 0.25) is 5.02 Å². The molecular weight excluding hydrogens is 500 g/mol. The molecule has 0 aliphatic heterocycles. The lowest BCUT2D eigenvalue weighted by Gasteiger charge is -2.14. The fourth-order valence-electron chi connectivity index (χ4n) is 3.10. The van der Waals surface area contributed by atoms with Crippen LogP contribution in [0.5, 0.6) is 11.5 Å². The number of carbonyl (C=O) groups excluding carboxylic acids is 3. The van der Waals surface area contributed by atoms with Crippen LogP contribution in [0, 0.1) is 0 Å². The molecule has 3 N–H and O–H groups in total. The van der Waals surface area contributed by atoms with Gasteiger partial charge in [0.05, 0.1) is 30.7 Å². The Morgan fingerprint density at radius 1 is 1.05 bits per heavy atom. The van der Waals surface area contributed by atoms with Crippen LogP contribution >= 0.6 is 11.6 Å². The Labute approximate surface area is 219 Å². The zero-order valence-electron chi connectivity index (χ0n) is 20.4. The van der Waals surface area contributed by atoms with Crippen LogP contribution in [0.4, 0.5) is 5.69 Å². The van der Waals surface area contributed by atoms with E-state index in [-0.39, 0.29) is 29.8 Å². The minimum atomic E-state index is -0.950. The number of hydrogen-bond acceptors (Lipinski definition) is 7. The van der Waals surface area contributed by atoms with Crippen LogP contribution in [0.3, 0.4) is 0 Å². The van der Waals surface area contributed by atoms with Crippen molar-refractivity contribution in [3.05, 3.63) is 76.7 Å². The molecule has 3 aromatic rings. The Morgan fingerprint density at radius 2 is 1.84 bits per heavy atom. The molecule has 0 saturated carbocycles. The molecule has 10 nitrogen and oxygen atoms in total. The molecule has 0 aliphatic rings. The number of ether oxygens (including phenoxy) is 2. The summed E-state index contributed by atoms with van der Waals surface area (Å²) in [6.45, 7) is 3.94. The van der Waals surface area contributed by atoms with Crippen LogP contribution < -0.4 is 25.5 Å². The van der Waals surface area contributed by atoms with E-state index in [2.05, 4.69) is 28.1 Å². The van der Waals surface area contributed by atoms with Crippen molar-refractivity contribution in [1.82, 2.24) is 10.7 Å². The van der Waals surface area contributed by atoms with Gasteiger partial charge in [-0.05, 0) is 60.9 Å². The summed E-state index contributed by atoms with van der Waals surface area (Å²) in [6, 6.07) is 14.0. The molecule has 0 saturated heterocycles. The topological polar surface area (TPSA) is 131 Å². The first-order valence-electron chi connectivity index (χ1n) is 11.5. The summed E-state index contributed by atoms with van der Waals surface area (Å²) in [5.74, 6) is -1.19. The average Bonchev–Trinajstić information content (AvgIpc) is 3.41. The molecular formula is C26H27ClN4O6. The first kappa shape index (κ1) is 27.3. The standard InChI is InChI=1S/C26H27ClN4O6/c1-3-17-7-9-19(10-8-17)30-23(32)16-37-24-21(27)12-18(13-22(24)35-4-2)14-29-31-26(34)25(33)28-15-20-6-5-11-36-20/h5-14H,3-4,15-16H2,1-2H3,(H,28,33)(H,30,32)(H,31,34)/b29-14-. The first-order valence-corrected chi connectivity index (χ1v) is 11.9. The number of halogens is 1. The van der Waals surface area contributed by atoms with Gasteiger partial charge in [0.1, 0.15) is 5.76 Å². The van der Waals surface area contributed by atoms with Crippen molar-refractivity contribution in [3.63, 3.8) is 0 Å². The molecule has 0 aliphatic carbocycles. The predicted molar refractivity (Wildman–Crippen MR) is 139 cm³/mol. The lowest BCUT2D eigenvalue weighted by atomic mass is 10.1. The van der Waals surface area contributed by atoms with Gasteiger partial charge >= 0.3 is 11.8 Å². The van der Waals surface area contributed by atoms with Crippen molar-refractivity contribution >= 4 is 41.2 Å². The molecule has 1 aromatic heterocycles. The third-order valence-electron chi connectivity index (χ3n) is 4.91. The molecule has 0 atom stereocenters. The molecule has 0 radical (unpaired) electrons. The third kappa shape index (κ3) is 8.39. The maximum atomic E-state index is 12.3. The highest BCUT2D eigenvalue weighted by Gasteiger charge is 2.15. The highest BCUT2D eigenvalue weighted by molar-refractivity contribution is 6.35. The number of anilines is 1. The maximum Gasteiger partial charge on any atom is 0.329 e.